The standard InChI is InChI=1S/C20H18ClN3O4/c1-26-15-7-8-16(17(10-15)27-2)20-22-19(23-28-20)12-9-18(25)24(11-12)14-5-3-13(21)4-6-14/h3-8,10,12H,9,11H2,1-2H3. The second-order valence-electron chi connectivity index (χ2n) is 6.41. The van der Waals surface area contributed by atoms with Gasteiger partial charge in [-0.25, -0.2) is 0 Å². The molecule has 1 aliphatic heterocycles. The minimum Gasteiger partial charge on any atom is -0.497 e. The molecular weight excluding hydrogens is 382 g/mol. The Hall–Kier alpha value is -3.06. The van der Waals surface area contributed by atoms with Gasteiger partial charge in [-0.15, -0.1) is 0 Å². The summed E-state index contributed by atoms with van der Waals surface area (Å²) in [6, 6.07) is 12.5. The highest BCUT2D eigenvalue weighted by atomic mass is 35.5. The molecule has 0 N–H and O–H groups in total. The monoisotopic (exact) mass is 399 g/mol. The van der Waals surface area contributed by atoms with Crippen LogP contribution in [-0.4, -0.2) is 36.8 Å². The van der Waals surface area contributed by atoms with Gasteiger partial charge >= 0.3 is 0 Å². The van der Waals surface area contributed by atoms with Crippen molar-refractivity contribution in [3.63, 3.8) is 0 Å². The topological polar surface area (TPSA) is 77.7 Å². The first kappa shape index (κ1) is 18.3. The number of ether oxygens (including phenoxy) is 2. The Morgan fingerprint density at radius 2 is 1.93 bits per heavy atom. The number of rotatable bonds is 5. The average Bonchev–Trinajstić information content (AvgIpc) is 3.35. The average molecular weight is 400 g/mol. The first-order chi connectivity index (χ1) is 13.6. The minimum atomic E-state index is -0.148. The second-order valence-corrected chi connectivity index (χ2v) is 6.84. The van der Waals surface area contributed by atoms with E-state index in [9.17, 15) is 4.79 Å². The number of amides is 1. The fourth-order valence-electron chi connectivity index (χ4n) is 3.24. The summed E-state index contributed by atoms with van der Waals surface area (Å²) in [7, 11) is 3.15. The minimum absolute atomic E-state index is 0.0145. The summed E-state index contributed by atoms with van der Waals surface area (Å²) < 4.78 is 16.0. The fourth-order valence-corrected chi connectivity index (χ4v) is 3.36. The number of aromatic nitrogens is 2. The molecule has 1 aromatic heterocycles. The number of hydrogen-bond acceptors (Lipinski definition) is 6. The van der Waals surface area contributed by atoms with Crippen LogP contribution in [0.1, 0.15) is 18.2 Å². The molecule has 144 valence electrons. The Kier molecular flexibility index (Phi) is 4.92. The van der Waals surface area contributed by atoms with Crippen molar-refractivity contribution in [1.29, 1.82) is 0 Å². The molecule has 1 unspecified atom stereocenters. The SMILES string of the molecule is COc1ccc(-c2nc(C3CC(=O)N(c4ccc(Cl)cc4)C3)no2)c(OC)c1. The molecule has 0 radical (unpaired) electrons. The molecule has 1 saturated heterocycles. The predicted octanol–water partition coefficient (Wildman–Crippen LogP) is 3.93. The summed E-state index contributed by atoms with van der Waals surface area (Å²) in [5.74, 6) is 1.94. The Bertz CT molecular complexity index is 1000. The van der Waals surface area contributed by atoms with Gasteiger partial charge in [0.25, 0.3) is 5.89 Å². The lowest BCUT2D eigenvalue weighted by Crippen LogP contribution is -2.24. The third kappa shape index (κ3) is 3.41. The van der Waals surface area contributed by atoms with Gasteiger partial charge in [0.1, 0.15) is 11.5 Å². The highest BCUT2D eigenvalue weighted by Crippen LogP contribution is 2.35. The molecule has 0 saturated carbocycles. The van der Waals surface area contributed by atoms with Crippen LogP contribution in [0.2, 0.25) is 5.02 Å². The van der Waals surface area contributed by atoms with Crippen molar-refractivity contribution in [3.05, 3.63) is 53.3 Å². The highest BCUT2D eigenvalue weighted by Gasteiger charge is 2.34. The summed E-state index contributed by atoms with van der Waals surface area (Å²) in [5.41, 5.74) is 1.47. The van der Waals surface area contributed by atoms with Crippen LogP contribution in [0.15, 0.2) is 47.0 Å². The lowest BCUT2D eigenvalue weighted by molar-refractivity contribution is -0.117. The molecule has 1 atom stereocenters. The second kappa shape index (κ2) is 7.52. The molecule has 4 rings (SSSR count). The van der Waals surface area contributed by atoms with Crippen LogP contribution in [0.5, 0.6) is 11.5 Å². The Morgan fingerprint density at radius 3 is 2.64 bits per heavy atom. The molecule has 1 fully saturated rings. The maximum Gasteiger partial charge on any atom is 0.261 e. The zero-order valence-electron chi connectivity index (χ0n) is 15.4. The van der Waals surface area contributed by atoms with Gasteiger partial charge in [0, 0.05) is 35.7 Å². The molecule has 2 heterocycles. The summed E-state index contributed by atoms with van der Waals surface area (Å²) in [6.07, 6.45) is 0.321. The summed E-state index contributed by atoms with van der Waals surface area (Å²) in [6.45, 7) is 0.485. The van der Waals surface area contributed by atoms with Crippen LogP contribution < -0.4 is 14.4 Å². The van der Waals surface area contributed by atoms with E-state index in [4.69, 9.17) is 25.6 Å². The molecule has 0 spiro atoms. The van der Waals surface area contributed by atoms with Crippen LogP contribution in [0, 0.1) is 0 Å². The van der Waals surface area contributed by atoms with Crippen molar-refractivity contribution in [1.82, 2.24) is 10.1 Å². The molecule has 0 aliphatic carbocycles. The summed E-state index contributed by atoms with van der Waals surface area (Å²) in [5, 5.41) is 4.72. The third-order valence-electron chi connectivity index (χ3n) is 4.71. The Balaban J connectivity index is 1.57. The lowest BCUT2D eigenvalue weighted by atomic mass is 10.1. The van der Waals surface area contributed by atoms with Crippen LogP contribution >= 0.6 is 11.6 Å². The van der Waals surface area contributed by atoms with E-state index in [1.165, 1.54) is 0 Å². The molecular formula is C20H18ClN3O4. The van der Waals surface area contributed by atoms with Crippen molar-refractivity contribution in [2.75, 3.05) is 25.7 Å². The number of halogens is 1. The van der Waals surface area contributed by atoms with Crippen molar-refractivity contribution in [3.8, 4) is 23.0 Å². The fraction of sp³-hybridized carbons (Fsp3) is 0.250. The molecule has 7 nitrogen and oxygen atoms in total. The zero-order chi connectivity index (χ0) is 19.7. The molecule has 0 bridgehead atoms. The van der Waals surface area contributed by atoms with Gasteiger partial charge in [0.2, 0.25) is 5.91 Å². The molecule has 28 heavy (non-hydrogen) atoms. The van der Waals surface area contributed by atoms with E-state index in [1.54, 1.807) is 49.5 Å². The number of anilines is 1. The Morgan fingerprint density at radius 1 is 1.14 bits per heavy atom. The summed E-state index contributed by atoms with van der Waals surface area (Å²) >= 11 is 5.93. The molecule has 3 aromatic rings. The van der Waals surface area contributed by atoms with E-state index in [-0.39, 0.29) is 11.8 Å². The number of carbonyl (C=O) groups is 1. The Labute approximate surface area is 166 Å². The third-order valence-corrected chi connectivity index (χ3v) is 4.96. The zero-order valence-corrected chi connectivity index (χ0v) is 16.1. The molecule has 2 aromatic carbocycles. The molecule has 8 heteroatoms. The van der Waals surface area contributed by atoms with E-state index in [1.807, 2.05) is 12.1 Å². The van der Waals surface area contributed by atoms with Gasteiger partial charge in [0.05, 0.1) is 19.8 Å². The number of hydrogen-bond donors (Lipinski definition) is 0. The number of benzene rings is 2. The highest BCUT2D eigenvalue weighted by molar-refractivity contribution is 6.30. The van der Waals surface area contributed by atoms with Crippen LogP contribution in [0.4, 0.5) is 5.69 Å². The number of nitrogens with zero attached hydrogens (tertiary/aromatic N) is 3. The summed E-state index contributed by atoms with van der Waals surface area (Å²) in [4.78, 5) is 18.7. The lowest BCUT2D eigenvalue weighted by Gasteiger charge is -2.16. The molecule has 1 aliphatic rings. The van der Waals surface area contributed by atoms with Crippen molar-refractivity contribution < 1.29 is 18.8 Å². The van der Waals surface area contributed by atoms with Gasteiger partial charge in [-0.1, -0.05) is 16.8 Å². The normalized spacial score (nSPS) is 16.5. The van der Waals surface area contributed by atoms with Gasteiger partial charge in [-0.2, -0.15) is 4.98 Å². The van der Waals surface area contributed by atoms with Crippen LogP contribution in [-0.2, 0) is 4.79 Å². The van der Waals surface area contributed by atoms with Crippen molar-refractivity contribution >= 4 is 23.2 Å². The van der Waals surface area contributed by atoms with Gasteiger partial charge < -0.3 is 18.9 Å². The van der Waals surface area contributed by atoms with E-state index in [0.29, 0.717) is 46.8 Å². The van der Waals surface area contributed by atoms with E-state index in [2.05, 4.69) is 10.1 Å². The van der Waals surface area contributed by atoms with Gasteiger partial charge in [-0.05, 0) is 36.4 Å². The largest absolute Gasteiger partial charge is 0.497 e. The van der Waals surface area contributed by atoms with Crippen LogP contribution in [0.3, 0.4) is 0 Å². The van der Waals surface area contributed by atoms with Crippen molar-refractivity contribution in [2.45, 2.75) is 12.3 Å². The number of methoxy groups -OCH3 is 2. The van der Waals surface area contributed by atoms with Gasteiger partial charge in [0.15, 0.2) is 5.82 Å². The van der Waals surface area contributed by atoms with Crippen molar-refractivity contribution in [2.24, 2.45) is 0 Å². The first-order valence-electron chi connectivity index (χ1n) is 8.71. The first-order valence-corrected chi connectivity index (χ1v) is 9.08. The maximum absolute atomic E-state index is 12.5. The maximum atomic E-state index is 12.5. The number of carbonyl (C=O) groups excluding carboxylic acids is 1. The quantitative estimate of drug-likeness (QED) is 0.647. The smallest absolute Gasteiger partial charge is 0.261 e. The van der Waals surface area contributed by atoms with Crippen LogP contribution in [0.25, 0.3) is 11.5 Å². The van der Waals surface area contributed by atoms with E-state index in [0.717, 1.165) is 5.69 Å². The van der Waals surface area contributed by atoms with E-state index < -0.39 is 0 Å². The molecule has 1 amide bonds. The van der Waals surface area contributed by atoms with E-state index >= 15 is 0 Å². The van der Waals surface area contributed by atoms with Gasteiger partial charge in [-0.3, -0.25) is 4.79 Å². The predicted molar refractivity (Wildman–Crippen MR) is 104 cm³/mol.